The summed E-state index contributed by atoms with van der Waals surface area (Å²) in [5.41, 5.74) is 2.07. The molecule has 1 N–H and O–H groups in total. The van der Waals surface area contributed by atoms with Gasteiger partial charge in [-0.15, -0.1) is 5.10 Å². The third-order valence-electron chi connectivity index (χ3n) is 15.3. The zero-order chi connectivity index (χ0) is 54.9. The minimum absolute atomic E-state index is 0.0652. The quantitative estimate of drug-likeness (QED) is 0.0568. The number of nitrogens with zero attached hydrogens (tertiary/aromatic N) is 10. The Labute approximate surface area is 457 Å². The van der Waals surface area contributed by atoms with Crippen molar-refractivity contribution in [3.63, 3.8) is 0 Å². The predicted molar refractivity (Wildman–Crippen MR) is 289 cm³/mol. The van der Waals surface area contributed by atoms with E-state index in [0.717, 1.165) is 10.4 Å². The molecule has 80 heavy (non-hydrogen) atoms. The van der Waals surface area contributed by atoms with Gasteiger partial charge in [0, 0.05) is 56.3 Å². The number of amides is 3. The Kier molecular flexibility index (Phi) is 13.7. The molecule has 0 saturated carbocycles. The molecule has 3 amide bonds. The molecule has 3 fully saturated rings. The number of rotatable bonds is 12. The molecule has 20 heteroatoms. The molecule has 400 valence electrons. The molecule has 0 bridgehead atoms. The summed E-state index contributed by atoms with van der Waals surface area (Å²) in [4.78, 5) is 90.7. The first-order valence-corrected chi connectivity index (χ1v) is 26.0. The number of imide groups is 1. The minimum Gasteiger partial charge on any atom is -0.491 e. The standard InChI is InChI=1S/C60H50N10O10/c71-34-35-78-45-18-9-17-43(37-45)54-60(46-36-39(12-10-29-67-49-20-8-7-19-47(49)63-64-67)23-26-48(46)68(57(60)74)59(75)79-38-40-21-24-44(25-22-40)70(76)77)50(55(72)65-30-32-66(33-31-65)58-61-27-11-28-62-58)52-56(73)80-53(42-15-5-2-6-16-42)51(69(52)54)41-13-3-1-4-14-41/h1-9,11,13-28,36-37,50-54,71H,29-35,38H2/t50-,51-,52-,53+,54+,60-/m1/s1. The van der Waals surface area contributed by atoms with Crippen molar-refractivity contribution in [2.45, 2.75) is 42.8 Å². The Hall–Kier alpha value is -9.84. The zero-order valence-electron chi connectivity index (χ0n) is 42.8. The summed E-state index contributed by atoms with van der Waals surface area (Å²) < 4.78 is 20.4. The molecule has 1 spiro atoms. The highest BCUT2D eigenvalue weighted by atomic mass is 16.6. The predicted octanol–water partition coefficient (Wildman–Crippen LogP) is 6.90. The van der Waals surface area contributed by atoms with Gasteiger partial charge in [-0.1, -0.05) is 102 Å². The third kappa shape index (κ3) is 9.06. The van der Waals surface area contributed by atoms with E-state index >= 15 is 19.2 Å². The van der Waals surface area contributed by atoms with Gasteiger partial charge in [-0.2, -0.15) is 0 Å². The average molecular weight is 1070 g/mol. The summed E-state index contributed by atoms with van der Waals surface area (Å²) in [6.45, 7) is 0.323. The average Bonchev–Trinajstić information content (AvgIpc) is 4.34. The van der Waals surface area contributed by atoms with Crippen molar-refractivity contribution in [1.82, 2.24) is 34.8 Å². The van der Waals surface area contributed by atoms with E-state index < -0.39 is 64.4 Å². The van der Waals surface area contributed by atoms with E-state index in [0.29, 0.717) is 58.1 Å². The second-order valence-corrected chi connectivity index (χ2v) is 19.7. The molecule has 0 aliphatic carbocycles. The number of aliphatic hydroxyl groups is 1. The van der Waals surface area contributed by atoms with Crippen LogP contribution < -0.4 is 14.5 Å². The van der Waals surface area contributed by atoms with E-state index in [-0.39, 0.29) is 56.4 Å². The van der Waals surface area contributed by atoms with E-state index in [9.17, 15) is 15.2 Å². The molecule has 6 atom stereocenters. The van der Waals surface area contributed by atoms with Gasteiger partial charge in [0.15, 0.2) is 0 Å². The highest BCUT2D eigenvalue weighted by Gasteiger charge is 2.76. The van der Waals surface area contributed by atoms with Crippen LogP contribution in [0.3, 0.4) is 0 Å². The Morgan fingerprint density at radius 3 is 2.24 bits per heavy atom. The number of non-ortho nitro benzene ring substituents is 1. The molecule has 3 saturated heterocycles. The van der Waals surface area contributed by atoms with Crippen molar-refractivity contribution in [3.05, 3.63) is 214 Å². The number of esters is 1. The Morgan fingerprint density at radius 1 is 0.787 bits per heavy atom. The van der Waals surface area contributed by atoms with Crippen molar-refractivity contribution in [2.75, 3.05) is 49.2 Å². The maximum absolute atomic E-state index is 16.9. The lowest BCUT2D eigenvalue weighted by Gasteiger charge is -2.46. The molecule has 20 nitrogen and oxygen atoms in total. The number of cyclic esters (lactones) is 1. The van der Waals surface area contributed by atoms with Crippen molar-refractivity contribution < 1.29 is 43.4 Å². The lowest BCUT2D eigenvalue weighted by molar-refractivity contribution is -0.384. The van der Waals surface area contributed by atoms with Gasteiger partial charge in [-0.3, -0.25) is 29.4 Å². The number of nitro benzene ring substituents is 1. The number of piperazine rings is 1. The molecular formula is C60H50N10O10. The number of carbonyl (C=O) groups is 4. The highest BCUT2D eigenvalue weighted by molar-refractivity contribution is 6.23. The fourth-order valence-electron chi connectivity index (χ4n) is 11.8. The minimum atomic E-state index is -2.16. The van der Waals surface area contributed by atoms with Gasteiger partial charge < -0.3 is 29.1 Å². The van der Waals surface area contributed by atoms with Crippen LogP contribution in [0, 0.1) is 27.9 Å². The lowest BCUT2D eigenvalue weighted by Crippen LogP contribution is -2.59. The van der Waals surface area contributed by atoms with Gasteiger partial charge >= 0.3 is 12.1 Å². The van der Waals surface area contributed by atoms with Gasteiger partial charge in [0.1, 0.15) is 48.6 Å². The number of morpholine rings is 1. The summed E-state index contributed by atoms with van der Waals surface area (Å²) in [5.74, 6) is 3.53. The molecule has 4 aliphatic heterocycles. The molecule has 12 rings (SSSR count). The van der Waals surface area contributed by atoms with Crippen molar-refractivity contribution in [1.29, 1.82) is 0 Å². The van der Waals surface area contributed by atoms with E-state index in [1.54, 1.807) is 70.5 Å². The summed E-state index contributed by atoms with van der Waals surface area (Å²) in [5, 5.41) is 30.1. The maximum atomic E-state index is 16.9. The first kappa shape index (κ1) is 50.9. The number of hydrogen-bond acceptors (Lipinski definition) is 16. The van der Waals surface area contributed by atoms with Crippen LogP contribution in [0.1, 0.15) is 51.6 Å². The number of para-hydroxylation sites is 1. The number of hydrogen-bond donors (Lipinski definition) is 1. The number of ether oxygens (including phenoxy) is 3. The normalized spacial score (nSPS) is 21.4. The highest BCUT2D eigenvalue weighted by Crippen LogP contribution is 2.66. The molecule has 2 aromatic heterocycles. The van der Waals surface area contributed by atoms with E-state index in [4.69, 9.17) is 14.2 Å². The summed E-state index contributed by atoms with van der Waals surface area (Å²) in [6.07, 6.45) is 1.20. The first-order valence-electron chi connectivity index (χ1n) is 26.0. The zero-order valence-corrected chi connectivity index (χ0v) is 42.8. The van der Waals surface area contributed by atoms with Gasteiger partial charge in [0.05, 0.1) is 40.7 Å². The third-order valence-corrected chi connectivity index (χ3v) is 15.3. The molecule has 6 heterocycles. The van der Waals surface area contributed by atoms with Gasteiger partial charge in [0.2, 0.25) is 17.8 Å². The second-order valence-electron chi connectivity index (χ2n) is 19.7. The first-order chi connectivity index (χ1) is 39.1. The Morgan fingerprint density at radius 2 is 1.50 bits per heavy atom. The summed E-state index contributed by atoms with van der Waals surface area (Å²) in [7, 11) is 0. The molecule has 6 aromatic carbocycles. The van der Waals surface area contributed by atoms with Crippen LogP contribution in [0.4, 0.5) is 22.1 Å². The number of nitro groups is 1. The van der Waals surface area contributed by atoms with Crippen LogP contribution >= 0.6 is 0 Å². The van der Waals surface area contributed by atoms with Crippen LogP contribution in [0.5, 0.6) is 5.75 Å². The molecule has 0 unspecified atom stereocenters. The van der Waals surface area contributed by atoms with E-state index in [1.165, 1.54) is 24.3 Å². The van der Waals surface area contributed by atoms with Gasteiger partial charge in [-0.25, -0.2) is 24.3 Å². The lowest BCUT2D eigenvalue weighted by atomic mass is 9.64. The van der Waals surface area contributed by atoms with Crippen LogP contribution in [-0.2, 0) is 42.4 Å². The van der Waals surface area contributed by atoms with E-state index in [1.807, 2.05) is 94.7 Å². The Balaban J connectivity index is 1.08. The molecule has 8 aromatic rings. The fourth-order valence-corrected chi connectivity index (χ4v) is 11.8. The largest absolute Gasteiger partial charge is 0.491 e. The van der Waals surface area contributed by atoms with Crippen LogP contribution in [0.25, 0.3) is 11.0 Å². The van der Waals surface area contributed by atoms with Gasteiger partial charge in [0.25, 0.3) is 5.69 Å². The monoisotopic (exact) mass is 1070 g/mol. The topological polar surface area (TPSA) is 229 Å². The second kappa shape index (κ2) is 21.5. The number of anilines is 2. The maximum Gasteiger partial charge on any atom is 0.421 e. The Bertz CT molecular complexity index is 3720. The van der Waals surface area contributed by atoms with E-state index in [2.05, 4.69) is 32.1 Å². The van der Waals surface area contributed by atoms with Crippen LogP contribution in [0.2, 0.25) is 0 Å². The van der Waals surface area contributed by atoms with Crippen molar-refractivity contribution >= 4 is 52.2 Å². The van der Waals surface area contributed by atoms with Gasteiger partial charge in [-0.05, 0) is 88.5 Å². The van der Waals surface area contributed by atoms with Crippen LogP contribution in [0.15, 0.2) is 170 Å². The molecule has 4 aliphatic rings. The van der Waals surface area contributed by atoms with Crippen molar-refractivity contribution in [3.8, 4) is 17.6 Å². The summed E-state index contributed by atoms with van der Waals surface area (Å²) in [6, 6.07) is 41.8. The van der Waals surface area contributed by atoms with Crippen LogP contribution in [-0.4, -0.2) is 114 Å². The fraction of sp³-hybridized carbons (Fsp3) is 0.233. The summed E-state index contributed by atoms with van der Waals surface area (Å²) >= 11 is 0. The number of aromatic nitrogens is 5. The smallest absolute Gasteiger partial charge is 0.421 e. The number of carbonyl (C=O) groups excluding carboxylic acids is 4. The molecule has 0 radical (unpaired) electrons. The van der Waals surface area contributed by atoms with Crippen molar-refractivity contribution in [2.24, 2.45) is 5.92 Å². The molecular weight excluding hydrogens is 1020 g/mol. The number of fused-ring (bicyclic) bond motifs is 4. The number of aliphatic hydroxyl groups excluding tert-OH is 1. The SMILES string of the molecule is O=C1O[C@@H](c2ccccc2)[C@@H](c2ccccc2)N2[C@@H](c3cccc(OCCO)c3)[C@]3(C(=O)N(C(=O)OCc4ccc([N+](=O)[O-])cc4)c4ccc(C#CCn5nnc6ccccc65)cc43)[C@@H](C(=O)N3CCN(c4ncccn4)CC3)[C@H]12. The number of benzene rings is 6.